The Bertz CT molecular complexity index is 627. The van der Waals surface area contributed by atoms with E-state index in [9.17, 15) is 14.7 Å². The first-order valence-corrected chi connectivity index (χ1v) is 7.14. The Hall–Kier alpha value is -2.25. The van der Waals surface area contributed by atoms with Gasteiger partial charge in [0, 0.05) is 18.3 Å². The molecule has 0 radical (unpaired) electrons. The number of amides is 1. The zero-order chi connectivity index (χ0) is 15.2. The first-order chi connectivity index (χ1) is 10.1. The maximum atomic E-state index is 11.8. The largest absolute Gasteiger partial charge is 0.476 e. The van der Waals surface area contributed by atoms with E-state index in [1.165, 1.54) is 16.7 Å². The average Bonchev–Trinajstić information content (AvgIpc) is 2.96. The molecular weight excluding hydrogens is 292 g/mol. The molecule has 1 heterocycles. The first kappa shape index (κ1) is 15.1. The van der Waals surface area contributed by atoms with Crippen molar-refractivity contribution in [3.05, 3.63) is 52.0 Å². The smallest absolute Gasteiger partial charge is 0.355 e. The number of nitrogens with zero attached hydrogens (tertiary/aromatic N) is 1. The maximum absolute atomic E-state index is 11.8. The Morgan fingerprint density at radius 1 is 1.29 bits per heavy atom. The van der Waals surface area contributed by atoms with Gasteiger partial charge in [0.1, 0.15) is 0 Å². The number of benzene rings is 1. The third kappa shape index (κ3) is 4.11. The summed E-state index contributed by atoms with van der Waals surface area (Å²) in [6, 6.07) is 8.63. The van der Waals surface area contributed by atoms with Gasteiger partial charge in [-0.3, -0.25) is 4.79 Å². The van der Waals surface area contributed by atoms with Gasteiger partial charge in [0.2, 0.25) is 0 Å². The summed E-state index contributed by atoms with van der Waals surface area (Å²) in [7, 11) is 0. The number of aromatic carboxylic acids is 1. The van der Waals surface area contributed by atoms with E-state index in [2.05, 4.69) is 10.3 Å². The summed E-state index contributed by atoms with van der Waals surface area (Å²) in [5.41, 5.74) is 0.531. The number of carboxylic acid groups (broad SMARTS) is 1. The summed E-state index contributed by atoms with van der Waals surface area (Å²) < 4.78 is 0. The predicted molar refractivity (Wildman–Crippen MR) is 77.2 cm³/mol. The van der Waals surface area contributed by atoms with E-state index < -0.39 is 18.0 Å². The lowest BCUT2D eigenvalue weighted by molar-refractivity contribution is -0.129. The van der Waals surface area contributed by atoms with Crippen LogP contribution in [0.1, 0.15) is 27.2 Å². The number of thiazole rings is 1. The van der Waals surface area contributed by atoms with Crippen molar-refractivity contribution in [1.82, 2.24) is 10.3 Å². The van der Waals surface area contributed by atoms with E-state index in [1.807, 2.05) is 0 Å². The Balaban J connectivity index is 1.82. The number of carbonyl (C=O) groups is 2. The number of hydrogen-bond acceptors (Lipinski definition) is 5. The molecule has 3 N–H and O–H groups in total. The standard InChI is InChI=1S/C14H14N2O4S/c17-12(9-4-2-1-3-5-9)13(18)15-7-6-11-16-10(8-21-11)14(19)20/h1-5,8,12,17H,6-7H2,(H,15,18)(H,19,20). The number of aliphatic hydroxyl groups excluding tert-OH is 1. The number of carbonyl (C=O) groups excluding carboxylic acids is 1. The lowest BCUT2D eigenvalue weighted by Crippen LogP contribution is -2.30. The molecular formula is C14H14N2O4S. The molecule has 7 heteroatoms. The Morgan fingerprint density at radius 2 is 2.00 bits per heavy atom. The second-order valence-corrected chi connectivity index (χ2v) is 5.23. The molecule has 0 saturated heterocycles. The highest BCUT2D eigenvalue weighted by Crippen LogP contribution is 2.12. The highest BCUT2D eigenvalue weighted by molar-refractivity contribution is 7.09. The van der Waals surface area contributed by atoms with Crippen LogP contribution in [0.25, 0.3) is 0 Å². The molecule has 1 amide bonds. The van der Waals surface area contributed by atoms with Crippen molar-refractivity contribution in [3.63, 3.8) is 0 Å². The second kappa shape index (κ2) is 6.96. The van der Waals surface area contributed by atoms with Crippen LogP contribution in [-0.4, -0.2) is 33.6 Å². The maximum Gasteiger partial charge on any atom is 0.355 e. The van der Waals surface area contributed by atoms with Gasteiger partial charge in [0.15, 0.2) is 11.8 Å². The van der Waals surface area contributed by atoms with Crippen LogP contribution < -0.4 is 5.32 Å². The van der Waals surface area contributed by atoms with Crippen LogP contribution in [0.15, 0.2) is 35.7 Å². The summed E-state index contributed by atoms with van der Waals surface area (Å²) in [5.74, 6) is -1.56. The summed E-state index contributed by atoms with van der Waals surface area (Å²) in [4.78, 5) is 26.4. The van der Waals surface area contributed by atoms with E-state index in [0.717, 1.165) is 0 Å². The van der Waals surface area contributed by atoms with Gasteiger partial charge in [-0.15, -0.1) is 11.3 Å². The third-order valence-corrected chi connectivity index (χ3v) is 3.68. The molecule has 1 atom stereocenters. The second-order valence-electron chi connectivity index (χ2n) is 4.29. The molecule has 0 bridgehead atoms. The van der Waals surface area contributed by atoms with E-state index in [1.54, 1.807) is 30.3 Å². The summed E-state index contributed by atoms with van der Waals surface area (Å²) in [5, 5.41) is 23.3. The van der Waals surface area contributed by atoms with Crippen LogP contribution >= 0.6 is 11.3 Å². The van der Waals surface area contributed by atoms with Crippen LogP contribution in [0.5, 0.6) is 0 Å². The Kier molecular flexibility index (Phi) is 5.02. The number of aliphatic hydroxyl groups is 1. The summed E-state index contributed by atoms with van der Waals surface area (Å²) in [6.07, 6.45) is -0.789. The molecule has 0 aliphatic heterocycles. The molecule has 110 valence electrons. The van der Waals surface area contributed by atoms with Crippen molar-refractivity contribution in [2.45, 2.75) is 12.5 Å². The van der Waals surface area contributed by atoms with Crippen LogP contribution in [-0.2, 0) is 11.2 Å². The number of hydrogen-bond donors (Lipinski definition) is 3. The van der Waals surface area contributed by atoms with Crippen LogP contribution in [0, 0.1) is 0 Å². The van der Waals surface area contributed by atoms with Crippen LogP contribution in [0.2, 0.25) is 0 Å². The van der Waals surface area contributed by atoms with Crippen molar-refractivity contribution < 1.29 is 19.8 Å². The van der Waals surface area contributed by atoms with Gasteiger partial charge in [0.25, 0.3) is 5.91 Å². The fourth-order valence-electron chi connectivity index (χ4n) is 1.70. The van der Waals surface area contributed by atoms with Gasteiger partial charge in [0.05, 0.1) is 5.01 Å². The van der Waals surface area contributed by atoms with Gasteiger partial charge in [-0.1, -0.05) is 30.3 Å². The minimum atomic E-state index is -1.21. The normalized spacial score (nSPS) is 11.9. The first-order valence-electron chi connectivity index (χ1n) is 6.26. The fraction of sp³-hybridized carbons (Fsp3) is 0.214. The van der Waals surface area contributed by atoms with Crippen LogP contribution in [0.4, 0.5) is 0 Å². The summed E-state index contributed by atoms with van der Waals surface area (Å²) in [6.45, 7) is 0.287. The van der Waals surface area contributed by atoms with E-state index in [-0.39, 0.29) is 12.2 Å². The van der Waals surface area contributed by atoms with Gasteiger partial charge in [-0.05, 0) is 5.56 Å². The molecule has 2 rings (SSSR count). The Labute approximate surface area is 125 Å². The molecule has 21 heavy (non-hydrogen) atoms. The van der Waals surface area contributed by atoms with Crippen molar-refractivity contribution >= 4 is 23.2 Å². The number of aromatic nitrogens is 1. The molecule has 0 fully saturated rings. The Morgan fingerprint density at radius 3 is 2.62 bits per heavy atom. The zero-order valence-corrected chi connectivity index (χ0v) is 11.8. The minimum absolute atomic E-state index is 0.00523. The zero-order valence-electron chi connectivity index (χ0n) is 11.0. The topological polar surface area (TPSA) is 99.5 Å². The highest BCUT2D eigenvalue weighted by atomic mass is 32.1. The molecule has 0 saturated carbocycles. The average molecular weight is 306 g/mol. The number of rotatable bonds is 6. The lowest BCUT2D eigenvalue weighted by atomic mass is 10.1. The van der Waals surface area contributed by atoms with Gasteiger partial charge in [-0.25, -0.2) is 9.78 Å². The molecule has 0 aliphatic carbocycles. The lowest BCUT2D eigenvalue weighted by Gasteiger charge is -2.10. The highest BCUT2D eigenvalue weighted by Gasteiger charge is 2.16. The molecule has 6 nitrogen and oxygen atoms in total. The van der Waals surface area contributed by atoms with Crippen molar-refractivity contribution in [2.24, 2.45) is 0 Å². The molecule has 1 aromatic carbocycles. The van der Waals surface area contributed by atoms with E-state index in [4.69, 9.17) is 5.11 Å². The summed E-state index contributed by atoms with van der Waals surface area (Å²) >= 11 is 1.23. The molecule has 0 spiro atoms. The van der Waals surface area contributed by atoms with Gasteiger partial charge < -0.3 is 15.5 Å². The number of carboxylic acids is 1. The third-order valence-electron chi connectivity index (χ3n) is 2.77. The van der Waals surface area contributed by atoms with Crippen molar-refractivity contribution in [2.75, 3.05) is 6.54 Å². The fourth-order valence-corrected chi connectivity index (χ4v) is 2.47. The van der Waals surface area contributed by atoms with Gasteiger partial charge in [-0.2, -0.15) is 0 Å². The van der Waals surface area contributed by atoms with Crippen LogP contribution in [0.3, 0.4) is 0 Å². The molecule has 0 aliphatic rings. The number of nitrogens with one attached hydrogen (secondary N) is 1. The van der Waals surface area contributed by atoms with E-state index >= 15 is 0 Å². The minimum Gasteiger partial charge on any atom is -0.476 e. The van der Waals surface area contributed by atoms with Crippen molar-refractivity contribution in [1.29, 1.82) is 0 Å². The molecule has 1 aromatic heterocycles. The SMILES string of the molecule is O=C(O)c1csc(CCNC(=O)C(O)c2ccccc2)n1. The quantitative estimate of drug-likeness (QED) is 0.745. The van der Waals surface area contributed by atoms with E-state index in [0.29, 0.717) is 17.0 Å². The molecule has 2 aromatic rings. The van der Waals surface area contributed by atoms with Gasteiger partial charge >= 0.3 is 5.97 Å². The molecule has 1 unspecified atom stereocenters. The van der Waals surface area contributed by atoms with Crippen molar-refractivity contribution in [3.8, 4) is 0 Å². The predicted octanol–water partition coefficient (Wildman–Crippen LogP) is 1.23. The monoisotopic (exact) mass is 306 g/mol.